The highest BCUT2D eigenvalue weighted by molar-refractivity contribution is 7.93. The third-order valence-electron chi connectivity index (χ3n) is 7.02. The smallest absolute Gasteiger partial charge is 0.265 e. The van der Waals surface area contributed by atoms with Gasteiger partial charge < -0.3 is 10.2 Å². The van der Waals surface area contributed by atoms with Crippen molar-refractivity contribution in [3.63, 3.8) is 0 Å². The number of carbonyl (C=O) groups excluding carboxylic acids is 2. The fourth-order valence-corrected chi connectivity index (χ4v) is 6.61. The first-order valence-corrected chi connectivity index (χ1v) is 14.4. The maximum Gasteiger partial charge on any atom is 0.265 e. The van der Waals surface area contributed by atoms with Crippen LogP contribution in [0.4, 0.5) is 5.69 Å². The molecule has 0 saturated carbocycles. The van der Waals surface area contributed by atoms with E-state index in [1.807, 2.05) is 75.4 Å². The zero-order valence-corrected chi connectivity index (χ0v) is 22.5. The molecule has 0 fully saturated rings. The van der Waals surface area contributed by atoms with E-state index in [2.05, 4.69) is 5.32 Å². The van der Waals surface area contributed by atoms with E-state index < -0.39 is 16.1 Å². The zero-order valence-electron chi connectivity index (χ0n) is 21.7. The maximum atomic E-state index is 13.5. The van der Waals surface area contributed by atoms with Gasteiger partial charge >= 0.3 is 0 Å². The van der Waals surface area contributed by atoms with Crippen molar-refractivity contribution in [3.8, 4) is 0 Å². The lowest BCUT2D eigenvalue weighted by Crippen LogP contribution is -2.50. The van der Waals surface area contributed by atoms with Gasteiger partial charge in [-0.25, -0.2) is 8.42 Å². The number of nitrogens with zero attached hydrogens (tertiary/aromatic N) is 2. The molecule has 0 saturated heterocycles. The van der Waals surface area contributed by atoms with Crippen molar-refractivity contribution >= 4 is 38.3 Å². The van der Waals surface area contributed by atoms with Crippen LogP contribution in [-0.2, 0) is 26.2 Å². The average Bonchev–Trinajstić information content (AvgIpc) is 3.12. The average molecular weight is 522 g/mol. The Kier molecular flexibility index (Phi) is 8.17. The molecule has 4 rings (SSSR count). The van der Waals surface area contributed by atoms with Crippen LogP contribution in [0.25, 0.3) is 10.8 Å². The molecule has 1 heterocycles. The zero-order chi connectivity index (χ0) is 26.6. The first kappa shape index (κ1) is 26.7. The lowest BCUT2D eigenvalue weighted by atomic mass is 10.1. The van der Waals surface area contributed by atoms with Crippen LogP contribution in [0.5, 0.6) is 0 Å². The Labute approximate surface area is 219 Å². The second kappa shape index (κ2) is 11.3. The molecular weight excluding hydrogens is 486 g/mol. The molecule has 37 heavy (non-hydrogen) atoms. The van der Waals surface area contributed by atoms with Gasteiger partial charge in [-0.15, -0.1) is 0 Å². The van der Waals surface area contributed by atoms with Gasteiger partial charge in [0.1, 0.15) is 6.04 Å². The normalized spacial score (nSPS) is 15.4. The Morgan fingerprint density at radius 1 is 0.946 bits per heavy atom. The van der Waals surface area contributed by atoms with Gasteiger partial charge in [-0.2, -0.15) is 0 Å². The molecule has 3 aromatic rings. The fraction of sp³-hybridized carbons (Fsp3) is 0.379. The minimum atomic E-state index is -3.67. The third kappa shape index (κ3) is 5.49. The van der Waals surface area contributed by atoms with Gasteiger partial charge in [0, 0.05) is 30.9 Å². The van der Waals surface area contributed by atoms with Crippen LogP contribution in [0.3, 0.4) is 0 Å². The number of carbonyl (C=O) groups is 2. The van der Waals surface area contributed by atoms with E-state index in [4.69, 9.17) is 0 Å². The van der Waals surface area contributed by atoms with Gasteiger partial charge in [-0.3, -0.25) is 13.9 Å². The summed E-state index contributed by atoms with van der Waals surface area (Å²) in [5, 5.41) is 4.62. The molecule has 0 unspecified atom stereocenters. The first-order valence-electron chi connectivity index (χ1n) is 13.0. The van der Waals surface area contributed by atoms with Gasteiger partial charge in [0.15, 0.2) is 0 Å². The number of hydrogen-bond donors (Lipinski definition) is 1. The summed E-state index contributed by atoms with van der Waals surface area (Å²) in [6, 6.07) is 19.9. The van der Waals surface area contributed by atoms with Gasteiger partial charge in [0.25, 0.3) is 10.0 Å². The fourth-order valence-electron chi connectivity index (χ4n) is 4.86. The van der Waals surface area contributed by atoms with Crippen LogP contribution in [0.15, 0.2) is 71.6 Å². The highest BCUT2D eigenvalue weighted by Crippen LogP contribution is 2.42. The van der Waals surface area contributed by atoms with Crippen LogP contribution < -0.4 is 9.62 Å². The molecule has 8 heteroatoms. The SMILES string of the molecule is CC[C@H](C(=O)N[C@@H](C)CC)N(Cc1ccccc1)C(=O)CCCN1c2cccc3cccc(c23)S1(=O)=O. The summed E-state index contributed by atoms with van der Waals surface area (Å²) in [6.07, 6.45) is 1.77. The molecule has 7 nitrogen and oxygen atoms in total. The van der Waals surface area contributed by atoms with Gasteiger partial charge in [0.05, 0.1) is 10.6 Å². The van der Waals surface area contributed by atoms with Gasteiger partial charge in [0.2, 0.25) is 11.8 Å². The summed E-state index contributed by atoms with van der Waals surface area (Å²) in [4.78, 5) is 28.6. The number of anilines is 1. The molecule has 196 valence electrons. The van der Waals surface area contributed by atoms with Crippen molar-refractivity contribution < 1.29 is 18.0 Å². The van der Waals surface area contributed by atoms with Crippen LogP contribution in [0.2, 0.25) is 0 Å². The Morgan fingerprint density at radius 3 is 2.32 bits per heavy atom. The van der Waals surface area contributed by atoms with Gasteiger partial charge in [-0.05, 0) is 49.3 Å². The topological polar surface area (TPSA) is 86.8 Å². The Balaban J connectivity index is 1.51. The predicted octanol–water partition coefficient (Wildman–Crippen LogP) is 4.85. The molecule has 0 spiro atoms. The van der Waals surface area contributed by atoms with Crippen LogP contribution in [0.1, 0.15) is 52.0 Å². The maximum absolute atomic E-state index is 13.5. The molecular formula is C29H35N3O4S. The Bertz CT molecular complexity index is 1370. The number of amides is 2. The number of rotatable bonds is 11. The highest BCUT2D eigenvalue weighted by Gasteiger charge is 2.35. The molecule has 1 N–H and O–H groups in total. The van der Waals surface area contributed by atoms with E-state index in [-0.39, 0.29) is 30.8 Å². The molecule has 0 aromatic heterocycles. The summed E-state index contributed by atoms with van der Waals surface area (Å²) >= 11 is 0. The van der Waals surface area contributed by atoms with E-state index >= 15 is 0 Å². The number of hydrogen-bond acceptors (Lipinski definition) is 4. The van der Waals surface area contributed by atoms with Crippen LogP contribution >= 0.6 is 0 Å². The third-order valence-corrected chi connectivity index (χ3v) is 8.87. The summed E-state index contributed by atoms with van der Waals surface area (Å²) in [6.45, 7) is 6.36. The monoisotopic (exact) mass is 521 g/mol. The highest BCUT2D eigenvalue weighted by atomic mass is 32.2. The lowest BCUT2D eigenvalue weighted by Gasteiger charge is -2.31. The summed E-state index contributed by atoms with van der Waals surface area (Å²) in [7, 11) is -3.67. The van der Waals surface area contributed by atoms with Crippen molar-refractivity contribution in [2.24, 2.45) is 0 Å². The quantitative estimate of drug-likeness (QED) is 0.391. The van der Waals surface area contributed by atoms with E-state index in [0.717, 1.165) is 22.8 Å². The Hall–Kier alpha value is -3.39. The number of nitrogens with one attached hydrogen (secondary N) is 1. The summed E-state index contributed by atoms with van der Waals surface area (Å²) in [5.74, 6) is -0.326. The summed E-state index contributed by atoms with van der Waals surface area (Å²) < 4.78 is 27.9. The lowest BCUT2D eigenvalue weighted by molar-refractivity contribution is -0.141. The van der Waals surface area contributed by atoms with E-state index in [1.165, 1.54) is 4.31 Å². The Morgan fingerprint density at radius 2 is 1.65 bits per heavy atom. The molecule has 1 aliphatic rings. The van der Waals surface area contributed by atoms with Crippen molar-refractivity contribution in [2.75, 3.05) is 10.8 Å². The molecule has 3 aromatic carbocycles. The largest absolute Gasteiger partial charge is 0.352 e. The predicted molar refractivity (Wildman–Crippen MR) is 147 cm³/mol. The van der Waals surface area contributed by atoms with E-state index in [9.17, 15) is 18.0 Å². The molecule has 2 amide bonds. The molecule has 0 bridgehead atoms. The minimum absolute atomic E-state index is 0.0138. The minimum Gasteiger partial charge on any atom is -0.352 e. The van der Waals surface area contributed by atoms with Gasteiger partial charge in [-0.1, -0.05) is 68.4 Å². The molecule has 1 aliphatic heterocycles. The molecule has 0 aliphatic carbocycles. The van der Waals surface area contributed by atoms with Crippen LogP contribution in [0, 0.1) is 0 Å². The van der Waals surface area contributed by atoms with Crippen molar-refractivity contribution in [1.29, 1.82) is 0 Å². The van der Waals surface area contributed by atoms with Crippen molar-refractivity contribution in [3.05, 3.63) is 72.3 Å². The second-order valence-electron chi connectivity index (χ2n) is 9.56. The number of sulfonamides is 1. The van der Waals surface area contributed by atoms with E-state index in [1.54, 1.807) is 17.0 Å². The first-order chi connectivity index (χ1) is 17.8. The van der Waals surface area contributed by atoms with Crippen molar-refractivity contribution in [2.45, 2.75) is 70.0 Å². The van der Waals surface area contributed by atoms with E-state index in [0.29, 0.717) is 30.0 Å². The second-order valence-corrected chi connectivity index (χ2v) is 11.4. The van der Waals surface area contributed by atoms with Crippen LogP contribution in [-0.4, -0.2) is 43.8 Å². The molecule has 0 radical (unpaired) electrons. The molecule has 2 atom stereocenters. The van der Waals surface area contributed by atoms with Crippen molar-refractivity contribution in [1.82, 2.24) is 10.2 Å². The number of benzene rings is 3. The summed E-state index contributed by atoms with van der Waals surface area (Å²) in [5.41, 5.74) is 1.59. The standard InChI is InChI=1S/C29H35N3O4S/c1-4-21(3)30-29(34)24(5-2)31(20-22-12-7-6-8-13-22)27(33)18-11-19-32-25-16-9-14-23-15-10-17-26(28(23)25)37(32,35)36/h6-10,12-17,21,24H,4-5,11,18-20H2,1-3H3,(H,30,34)/t21-,24+/m0/s1.